The molecule has 1 aromatic carbocycles. The van der Waals surface area contributed by atoms with E-state index in [0.29, 0.717) is 0 Å². The van der Waals surface area contributed by atoms with Crippen molar-refractivity contribution in [3.8, 4) is 5.75 Å². The average Bonchev–Trinajstić information content (AvgIpc) is 2.19. The lowest BCUT2D eigenvalue weighted by atomic mass is 10.2. The van der Waals surface area contributed by atoms with Gasteiger partial charge in [0.2, 0.25) is 0 Å². The Labute approximate surface area is 85.8 Å². The Morgan fingerprint density at radius 1 is 1.50 bits per heavy atom. The summed E-state index contributed by atoms with van der Waals surface area (Å²) in [4.78, 5) is 0. The number of methoxy groups -OCH3 is 1. The molecule has 5 heteroatoms. The minimum Gasteiger partial charge on any atom is -0.496 e. The molecule has 1 rings (SSSR count). The van der Waals surface area contributed by atoms with Crippen LogP contribution >= 0.6 is 11.6 Å². The first-order chi connectivity index (χ1) is 6.61. The summed E-state index contributed by atoms with van der Waals surface area (Å²) in [6, 6.07) is 1.07. The molecule has 0 saturated carbocycles. The van der Waals surface area contributed by atoms with Gasteiger partial charge < -0.3 is 10.1 Å². The number of rotatable bonds is 3. The number of halogens is 3. The zero-order chi connectivity index (χ0) is 10.7. The van der Waals surface area contributed by atoms with Crippen molar-refractivity contribution in [2.24, 2.45) is 0 Å². The van der Waals surface area contributed by atoms with Gasteiger partial charge in [0.25, 0.3) is 0 Å². The van der Waals surface area contributed by atoms with Crippen LogP contribution < -0.4 is 10.1 Å². The van der Waals surface area contributed by atoms with Gasteiger partial charge in [0, 0.05) is 18.2 Å². The fourth-order valence-corrected chi connectivity index (χ4v) is 1.30. The van der Waals surface area contributed by atoms with Crippen molar-refractivity contribution in [2.45, 2.75) is 6.54 Å². The van der Waals surface area contributed by atoms with E-state index in [9.17, 15) is 8.78 Å². The summed E-state index contributed by atoms with van der Waals surface area (Å²) in [5.74, 6) is -1.45. The van der Waals surface area contributed by atoms with Gasteiger partial charge in [0.05, 0.1) is 7.11 Å². The van der Waals surface area contributed by atoms with Crippen molar-refractivity contribution in [3.63, 3.8) is 0 Å². The molecule has 0 heterocycles. The molecule has 1 N–H and O–H groups in total. The first kappa shape index (κ1) is 11.2. The summed E-state index contributed by atoms with van der Waals surface area (Å²) < 4.78 is 31.2. The zero-order valence-electron chi connectivity index (χ0n) is 7.83. The summed E-state index contributed by atoms with van der Waals surface area (Å²) >= 11 is 5.41. The number of hydrogen-bond acceptors (Lipinski definition) is 2. The van der Waals surface area contributed by atoms with Crippen molar-refractivity contribution in [2.75, 3.05) is 14.2 Å². The maximum atomic E-state index is 13.4. The lowest BCUT2D eigenvalue weighted by Gasteiger charge is -2.10. The fourth-order valence-electron chi connectivity index (χ4n) is 1.13. The Morgan fingerprint density at radius 2 is 2.14 bits per heavy atom. The molecule has 0 aromatic heterocycles. The van der Waals surface area contributed by atoms with Gasteiger partial charge in [0.15, 0.2) is 5.82 Å². The van der Waals surface area contributed by atoms with Gasteiger partial charge in [-0.05, 0) is 7.05 Å². The highest BCUT2D eigenvalue weighted by molar-refractivity contribution is 6.31. The van der Waals surface area contributed by atoms with Crippen molar-refractivity contribution in [1.29, 1.82) is 0 Å². The van der Waals surface area contributed by atoms with E-state index in [1.54, 1.807) is 7.05 Å². The van der Waals surface area contributed by atoms with Crippen LogP contribution in [0, 0.1) is 11.6 Å². The zero-order valence-corrected chi connectivity index (χ0v) is 8.58. The van der Waals surface area contributed by atoms with E-state index in [-0.39, 0.29) is 17.9 Å². The Morgan fingerprint density at radius 3 is 2.64 bits per heavy atom. The molecule has 0 saturated heterocycles. The van der Waals surface area contributed by atoms with Gasteiger partial charge in [-0.3, -0.25) is 0 Å². The van der Waals surface area contributed by atoms with Gasteiger partial charge in [-0.1, -0.05) is 11.6 Å². The molecular formula is C9H10ClF2NO. The Bertz CT molecular complexity index is 344. The average molecular weight is 222 g/mol. The van der Waals surface area contributed by atoms with E-state index in [4.69, 9.17) is 16.3 Å². The lowest BCUT2D eigenvalue weighted by Crippen LogP contribution is -2.09. The first-order valence-electron chi connectivity index (χ1n) is 3.96. The number of hydrogen-bond donors (Lipinski definition) is 1. The number of ether oxygens (including phenoxy) is 1. The molecule has 0 aliphatic heterocycles. The molecule has 1 aromatic rings. The Balaban J connectivity index is 3.29. The maximum Gasteiger partial charge on any atom is 0.152 e. The summed E-state index contributed by atoms with van der Waals surface area (Å²) in [6.45, 7) is 0.231. The highest BCUT2D eigenvalue weighted by Crippen LogP contribution is 2.29. The monoisotopic (exact) mass is 221 g/mol. The van der Waals surface area contributed by atoms with Gasteiger partial charge in [-0.25, -0.2) is 8.78 Å². The van der Waals surface area contributed by atoms with Crippen LogP contribution in [0.4, 0.5) is 8.78 Å². The van der Waals surface area contributed by atoms with Crippen molar-refractivity contribution in [1.82, 2.24) is 5.32 Å². The molecule has 0 aliphatic carbocycles. The molecular weight excluding hydrogens is 212 g/mol. The van der Waals surface area contributed by atoms with Crippen LogP contribution in [0.15, 0.2) is 6.07 Å². The Kier molecular flexibility index (Phi) is 3.66. The molecule has 0 spiro atoms. The van der Waals surface area contributed by atoms with Crippen LogP contribution in [-0.2, 0) is 6.54 Å². The molecule has 0 fully saturated rings. The fraction of sp³-hybridized carbons (Fsp3) is 0.333. The smallest absolute Gasteiger partial charge is 0.152 e. The normalized spacial score (nSPS) is 10.4. The van der Waals surface area contributed by atoms with Crippen LogP contribution in [0.3, 0.4) is 0 Å². The highest BCUT2D eigenvalue weighted by atomic mass is 35.5. The molecule has 2 nitrogen and oxygen atoms in total. The third kappa shape index (κ3) is 1.96. The van der Waals surface area contributed by atoms with Crippen molar-refractivity contribution >= 4 is 11.6 Å². The second-order valence-electron chi connectivity index (χ2n) is 2.70. The van der Waals surface area contributed by atoms with Gasteiger partial charge in [-0.15, -0.1) is 0 Å². The largest absolute Gasteiger partial charge is 0.496 e. The van der Waals surface area contributed by atoms with E-state index in [1.165, 1.54) is 7.11 Å². The van der Waals surface area contributed by atoms with E-state index in [1.807, 2.05) is 0 Å². The van der Waals surface area contributed by atoms with Crippen LogP contribution in [0.5, 0.6) is 5.75 Å². The van der Waals surface area contributed by atoms with Gasteiger partial charge in [-0.2, -0.15) is 0 Å². The van der Waals surface area contributed by atoms with Crippen LogP contribution in [0.1, 0.15) is 5.56 Å². The van der Waals surface area contributed by atoms with Gasteiger partial charge >= 0.3 is 0 Å². The topological polar surface area (TPSA) is 21.3 Å². The molecule has 0 atom stereocenters. The van der Waals surface area contributed by atoms with E-state index >= 15 is 0 Å². The molecule has 78 valence electrons. The predicted molar refractivity (Wildman–Crippen MR) is 50.7 cm³/mol. The van der Waals surface area contributed by atoms with E-state index in [2.05, 4.69) is 5.32 Å². The number of nitrogens with one attached hydrogen (secondary N) is 1. The first-order valence-corrected chi connectivity index (χ1v) is 4.34. The minimum atomic E-state index is -0.819. The molecule has 14 heavy (non-hydrogen) atoms. The SMILES string of the molecule is CNCc1c(OC)cc(F)c(Cl)c1F. The second-order valence-corrected chi connectivity index (χ2v) is 3.08. The standard InChI is InChI=1S/C9H10ClF2NO/c1-13-4-5-7(14-2)3-6(11)8(10)9(5)12/h3,13H,4H2,1-2H3. The molecule has 0 unspecified atom stereocenters. The van der Waals surface area contributed by atoms with E-state index in [0.717, 1.165) is 6.07 Å². The van der Waals surface area contributed by atoms with Crippen molar-refractivity contribution in [3.05, 3.63) is 28.3 Å². The number of benzene rings is 1. The molecule has 0 bridgehead atoms. The van der Waals surface area contributed by atoms with E-state index < -0.39 is 16.7 Å². The van der Waals surface area contributed by atoms with Crippen LogP contribution in [0.25, 0.3) is 0 Å². The third-order valence-electron chi connectivity index (χ3n) is 1.80. The minimum absolute atomic E-state index is 0.152. The summed E-state index contributed by atoms with van der Waals surface area (Å²) in [5.41, 5.74) is 0.224. The quantitative estimate of drug-likeness (QED) is 0.792. The maximum absolute atomic E-state index is 13.4. The summed E-state index contributed by atoms with van der Waals surface area (Å²) in [7, 11) is 3.00. The highest BCUT2D eigenvalue weighted by Gasteiger charge is 2.16. The molecule has 0 radical (unpaired) electrons. The Hall–Kier alpha value is -0.870. The molecule has 0 amide bonds. The van der Waals surface area contributed by atoms with Crippen LogP contribution in [-0.4, -0.2) is 14.2 Å². The molecule has 0 aliphatic rings. The third-order valence-corrected chi connectivity index (χ3v) is 2.14. The summed E-state index contributed by atoms with van der Waals surface area (Å²) in [6.07, 6.45) is 0. The summed E-state index contributed by atoms with van der Waals surface area (Å²) in [5, 5.41) is 2.24. The van der Waals surface area contributed by atoms with Crippen LogP contribution in [0.2, 0.25) is 5.02 Å². The lowest BCUT2D eigenvalue weighted by molar-refractivity contribution is 0.398. The second kappa shape index (κ2) is 4.57. The van der Waals surface area contributed by atoms with Gasteiger partial charge in [0.1, 0.15) is 16.6 Å². The predicted octanol–water partition coefficient (Wildman–Crippen LogP) is 2.35. The van der Waals surface area contributed by atoms with Crippen molar-refractivity contribution < 1.29 is 13.5 Å².